The first-order valence-electron chi connectivity index (χ1n) is 10.1. The lowest BCUT2D eigenvalue weighted by atomic mass is 9.76. The van der Waals surface area contributed by atoms with Gasteiger partial charge in [0.05, 0.1) is 17.8 Å². The van der Waals surface area contributed by atoms with Gasteiger partial charge in [-0.1, -0.05) is 20.8 Å². The van der Waals surface area contributed by atoms with E-state index in [9.17, 15) is 9.90 Å². The molecule has 5 nitrogen and oxygen atoms in total. The summed E-state index contributed by atoms with van der Waals surface area (Å²) >= 11 is 0. The van der Waals surface area contributed by atoms with Crippen molar-refractivity contribution in [3.8, 4) is 0 Å². The van der Waals surface area contributed by atoms with Gasteiger partial charge in [-0.2, -0.15) is 0 Å². The number of piperidine rings is 1. The molecule has 0 bridgehead atoms. The van der Waals surface area contributed by atoms with Crippen LogP contribution in [0.1, 0.15) is 75.8 Å². The zero-order chi connectivity index (χ0) is 18.5. The molecule has 0 radical (unpaired) electrons. The molecule has 3 fully saturated rings. The van der Waals surface area contributed by atoms with Crippen molar-refractivity contribution in [2.24, 2.45) is 5.41 Å². The van der Waals surface area contributed by atoms with Crippen LogP contribution in [0.25, 0.3) is 0 Å². The number of carbonyl (C=O) groups is 1. The van der Waals surface area contributed by atoms with E-state index in [4.69, 9.17) is 4.74 Å². The molecule has 1 N–H and O–H groups in total. The highest BCUT2D eigenvalue weighted by Gasteiger charge is 2.46. The number of rotatable bonds is 2. The van der Waals surface area contributed by atoms with Gasteiger partial charge in [0, 0.05) is 38.2 Å². The quantitative estimate of drug-likeness (QED) is 0.880. The third kappa shape index (κ3) is 3.44. The first kappa shape index (κ1) is 18.1. The van der Waals surface area contributed by atoms with Crippen LogP contribution in [0.3, 0.4) is 0 Å². The van der Waals surface area contributed by atoms with Crippen LogP contribution in [0.4, 0.5) is 0 Å². The van der Waals surface area contributed by atoms with E-state index >= 15 is 0 Å². The van der Waals surface area contributed by atoms with Crippen LogP contribution < -0.4 is 0 Å². The van der Waals surface area contributed by atoms with Crippen LogP contribution in [0.2, 0.25) is 0 Å². The largest absolute Gasteiger partial charge is 0.393 e. The zero-order valence-corrected chi connectivity index (χ0v) is 16.3. The number of aliphatic hydroxyl groups excluding tert-OH is 1. The summed E-state index contributed by atoms with van der Waals surface area (Å²) in [7, 11) is 0. The van der Waals surface area contributed by atoms with Crippen molar-refractivity contribution in [3.63, 3.8) is 0 Å². The van der Waals surface area contributed by atoms with Gasteiger partial charge in [-0.3, -0.25) is 4.79 Å². The number of aliphatic hydroxyl groups is 1. The fourth-order valence-corrected chi connectivity index (χ4v) is 4.54. The number of hydrogen-bond acceptors (Lipinski definition) is 3. The smallest absolute Gasteiger partial charge is 0.270 e. The summed E-state index contributed by atoms with van der Waals surface area (Å²) in [5, 5.41) is 10.4. The maximum Gasteiger partial charge on any atom is 0.270 e. The molecule has 5 heteroatoms. The van der Waals surface area contributed by atoms with Gasteiger partial charge in [0.1, 0.15) is 5.69 Å². The highest BCUT2D eigenvalue weighted by Crippen LogP contribution is 2.42. The summed E-state index contributed by atoms with van der Waals surface area (Å²) in [6, 6.07) is 4.44. The number of nitrogens with zero attached hydrogens (tertiary/aromatic N) is 2. The summed E-state index contributed by atoms with van der Waals surface area (Å²) in [4.78, 5) is 15.0. The van der Waals surface area contributed by atoms with E-state index in [1.165, 1.54) is 12.8 Å². The van der Waals surface area contributed by atoms with Gasteiger partial charge in [-0.25, -0.2) is 0 Å². The number of likely N-dealkylation sites (tertiary alicyclic amines) is 1. The van der Waals surface area contributed by atoms with Crippen LogP contribution >= 0.6 is 0 Å². The summed E-state index contributed by atoms with van der Waals surface area (Å²) in [6.07, 6.45) is 7.19. The number of aromatic nitrogens is 1. The number of amides is 1. The molecule has 0 aromatic carbocycles. The Bertz CT molecular complexity index is 663. The maximum atomic E-state index is 13.0. The van der Waals surface area contributed by atoms with Crippen molar-refractivity contribution in [2.45, 2.75) is 83.1 Å². The van der Waals surface area contributed by atoms with Gasteiger partial charge in [-0.05, 0) is 43.2 Å². The molecule has 2 atom stereocenters. The Morgan fingerprint density at radius 1 is 1.27 bits per heavy atom. The molecule has 1 amide bonds. The van der Waals surface area contributed by atoms with E-state index in [1.54, 1.807) is 0 Å². The molecule has 1 aliphatic carbocycles. The zero-order valence-electron chi connectivity index (χ0n) is 16.3. The molecule has 3 heterocycles. The molecule has 0 unspecified atom stereocenters. The van der Waals surface area contributed by atoms with E-state index in [2.05, 4.69) is 25.3 Å². The topological polar surface area (TPSA) is 54.7 Å². The highest BCUT2D eigenvalue weighted by molar-refractivity contribution is 5.93. The lowest BCUT2D eigenvalue weighted by Crippen LogP contribution is -2.55. The Hall–Kier alpha value is -1.33. The molecular formula is C21H32N2O3. The molecule has 2 saturated heterocycles. The predicted molar refractivity (Wildman–Crippen MR) is 100 cm³/mol. The van der Waals surface area contributed by atoms with Gasteiger partial charge >= 0.3 is 0 Å². The third-order valence-electron chi connectivity index (χ3n) is 6.35. The van der Waals surface area contributed by atoms with E-state index < -0.39 is 0 Å². The normalized spacial score (nSPS) is 29.2. The van der Waals surface area contributed by atoms with Crippen LogP contribution in [0, 0.1) is 5.41 Å². The van der Waals surface area contributed by atoms with E-state index in [1.807, 2.05) is 23.2 Å². The molecule has 26 heavy (non-hydrogen) atoms. The molecule has 1 saturated carbocycles. The second-order valence-corrected chi connectivity index (χ2v) is 9.57. The second kappa shape index (κ2) is 6.38. The summed E-state index contributed by atoms with van der Waals surface area (Å²) < 4.78 is 8.68. The van der Waals surface area contributed by atoms with Crippen molar-refractivity contribution >= 4 is 5.91 Å². The number of hydrogen-bond donors (Lipinski definition) is 1. The number of ether oxygens (including phenoxy) is 1. The van der Waals surface area contributed by atoms with Crippen LogP contribution in [-0.2, 0) is 4.74 Å². The van der Waals surface area contributed by atoms with Gasteiger partial charge in [0.25, 0.3) is 5.91 Å². The molecule has 4 rings (SSSR count). The number of carbonyl (C=O) groups excluding carboxylic acids is 1. The minimum absolute atomic E-state index is 0.0203. The molecule has 2 aliphatic heterocycles. The van der Waals surface area contributed by atoms with Gasteiger partial charge in [0.15, 0.2) is 0 Å². The Morgan fingerprint density at radius 2 is 1.96 bits per heavy atom. The maximum absolute atomic E-state index is 13.0. The summed E-state index contributed by atoms with van der Waals surface area (Å²) in [5.74, 6) is 0.139. The fourth-order valence-electron chi connectivity index (χ4n) is 4.54. The molecular weight excluding hydrogens is 328 g/mol. The van der Waals surface area contributed by atoms with Crippen LogP contribution in [-0.4, -0.2) is 51.4 Å². The molecule has 1 spiro atoms. The van der Waals surface area contributed by atoms with Gasteiger partial charge < -0.3 is 19.3 Å². The summed E-state index contributed by atoms with van der Waals surface area (Å²) in [5.41, 5.74) is 0.567. The highest BCUT2D eigenvalue weighted by atomic mass is 16.5. The van der Waals surface area contributed by atoms with E-state index in [0.29, 0.717) is 32.0 Å². The fraction of sp³-hybridized carbons (Fsp3) is 0.762. The Kier molecular flexibility index (Phi) is 4.43. The van der Waals surface area contributed by atoms with E-state index in [-0.39, 0.29) is 29.1 Å². The predicted octanol–water partition coefficient (Wildman–Crippen LogP) is 3.38. The average Bonchev–Trinajstić information content (AvgIpc) is 3.30. The Labute approximate surface area is 156 Å². The Morgan fingerprint density at radius 3 is 2.58 bits per heavy atom. The molecule has 1 aromatic rings. The summed E-state index contributed by atoms with van der Waals surface area (Å²) in [6.45, 7) is 7.94. The average molecular weight is 360 g/mol. The van der Waals surface area contributed by atoms with Gasteiger partial charge in [-0.15, -0.1) is 0 Å². The van der Waals surface area contributed by atoms with Crippen molar-refractivity contribution in [1.82, 2.24) is 9.47 Å². The minimum atomic E-state index is -0.303. The third-order valence-corrected chi connectivity index (χ3v) is 6.35. The first-order valence-corrected chi connectivity index (χ1v) is 10.1. The van der Waals surface area contributed by atoms with Gasteiger partial charge in [0.2, 0.25) is 0 Å². The van der Waals surface area contributed by atoms with Crippen molar-refractivity contribution in [3.05, 3.63) is 24.0 Å². The monoisotopic (exact) mass is 360 g/mol. The van der Waals surface area contributed by atoms with Crippen LogP contribution in [0.5, 0.6) is 0 Å². The molecule has 144 valence electrons. The second-order valence-electron chi connectivity index (χ2n) is 9.57. The Balaban J connectivity index is 1.43. The standard InChI is InChI=1S/C21H32N2O3/c1-20(2,3)18-13-16(24)14-21(26-18)8-11-22(12-9-21)19(25)17-5-4-10-23(17)15-6-7-15/h4-5,10,15-16,18,24H,6-9,11-14H2,1-3H3/t16-,18-/m1/s1. The SMILES string of the molecule is CC(C)(C)[C@H]1C[C@@H](O)CC2(CCN(C(=O)c3cccn3C3CC3)CC2)O1. The van der Waals surface area contributed by atoms with Crippen molar-refractivity contribution in [1.29, 1.82) is 0 Å². The lowest BCUT2D eigenvalue weighted by Gasteiger charge is -2.50. The lowest BCUT2D eigenvalue weighted by molar-refractivity contribution is -0.205. The molecule has 1 aromatic heterocycles. The molecule has 3 aliphatic rings. The van der Waals surface area contributed by atoms with E-state index in [0.717, 1.165) is 18.5 Å². The van der Waals surface area contributed by atoms with Crippen LogP contribution in [0.15, 0.2) is 18.3 Å². The minimum Gasteiger partial charge on any atom is -0.393 e. The first-order chi connectivity index (χ1) is 12.3. The van der Waals surface area contributed by atoms with Crippen molar-refractivity contribution in [2.75, 3.05) is 13.1 Å². The van der Waals surface area contributed by atoms with Crippen molar-refractivity contribution < 1.29 is 14.6 Å².